The molecular weight excluding hydrogens is 274 g/mol. The van der Waals surface area contributed by atoms with Crippen molar-refractivity contribution < 1.29 is 5.11 Å². The van der Waals surface area contributed by atoms with Crippen molar-refractivity contribution in [2.24, 2.45) is 5.41 Å². The van der Waals surface area contributed by atoms with Gasteiger partial charge < -0.3 is 9.67 Å². The van der Waals surface area contributed by atoms with Crippen molar-refractivity contribution in [2.45, 2.75) is 38.3 Å². The lowest BCUT2D eigenvalue weighted by molar-refractivity contribution is -0.00987. The zero-order chi connectivity index (χ0) is 14.5. The molecule has 2 aromatic heterocycles. The molecule has 0 bridgehead atoms. The van der Waals surface area contributed by atoms with E-state index in [4.69, 9.17) is 11.6 Å². The predicted molar refractivity (Wildman–Crippen MR) is 79.7 cm³/mol. The van der Waals surface area contributed by atoms with Gasteiger partial charge in [-0.3, -0.25) is 0 Å². The van der Waals surface area contributed by atoms with Crippen LogP contribution in [0.15, 0.2) is 31.2 Å². The largest absolute Gasteiger partial charge is 0.389 e. The predicted octanol–water partition coefficient (Wildman–Crippen LogP) is 3.36. The van der Waals surface area contributed by atoms with E-state index in [2.05, 4.69) is 21.1 Å². The molecule has 3 atom stereocenters. The summed E-state index contributed by atoms with van der Waals surface area (Å²) in [7, 11) is 0. The average Bonchev–Trinajstić information content (AvgIpc) is 2.91. The van der Waals surface area contributed by atoms with Crippen molar-refractivity contribution in [3.63, 3.8) is 0 Å². The number of hydrogen-bond acceptors (Lipinski definition) is 3. The van der Waals surface area contributed by atoms with Gasteiger partial charge in [0.15, 0.2) is 0 Å². The van der Waals surface area contributed by atoms with Gasteiger partial charge in [-0.1, -0.05) is 24.6 Å². The second kappa shape index (κ2) is 4.30. The number of aromatic nitrogens is 3. The van der Waals surface area contributed by atoms with Crippen LogP contribution in [0.4, 0.5) is 0 Å². The van der Waals surface area contributed by atoms with E-state index in [1.165, 1.54) is 6.33 Å². The van der Waals surface area contributed by atoms with Gasteiger partial charge in [0.2, 0.25) is 0 Å². The maximum absolute atomic E-state index is 10.7. The van der Waals surface area contributed by atoms with E-state index in [9.17, 15) is 5.11 Å². The first-order valence-corrected chi connectivity index (χ1v) is 7.09. The normalized spacial score (nSPS) is 33.7. The minimum atomic E-state index is -0.771. The summed E-state index contributed by atoms with van der Waals surface area (Å²) in [6.45, 7) is 7.81. The summed E-state index contributed by atoms with van der Waals surface area (Å²) in [5, 5.41) is 12.0. The Morgan fingerprint density at radius 3 is 2.85 bits per heavy atom. The van der Waals surface area contributed by atoms with Crippen molar-refractivity contribution >= 4 is 22.6 Å². The molecule has 0 radical (unpaired) electrons. The number of rotatable bonds is 2. The molecule has 1 fully saturated rings. The van der Waals surface area contributed by atoms with Crippen LogP contribution < -0.4 is 0 Å². The van der Waals surface area contributed by atoms with Crippen molar-refractivity contribution in [3.8, 4) is 0 Å². The maximum Gasteiger partial charge on any atom is 0.145 e. The summed E-state index contributed by atoms with van der Waals surface area (Å²) in [4.78, 5) is 8.32. The molecular formula is C15H18ClN3O. The molecule has 4 nitrogen and oxygen atoms in total. The molecule has 5 heteroatoms. The van der Waals surface area contributed by atoms with Crippen LogP contribution in [0.5, 0.6) is 0 Å². The summed E-state index contributed by atoms with van der Waals surface area (Å²) in [5.74, 6) is 0. The van der Waals surface area contributed by atoms with E-state index in [0.29, 0.717) is 11.6 Å². The summed E-state index contributed by atoms with van der Waals surface area (Å²) in [6.07, 6.45) is 6.80. The lowest BCUT2D eigenvalue weighted by Gasteiger charge is -2.33. The minimum absolute atomic E-state index is 0.177. The SMILES string of the molecule is C=C[C@@]1(C)CC(n2ccc3c(Cl)ncnc32)CC1(C)O. The third-order valence-electron chi connectivity index (χ3n) is 4.83. The van der Waals surface area contributed by atoms with E-state index in [-0.39, 0.29) is 11.5 Å². The number of fused-ring (bicyclic) bond motifs is 1. The Kier molecular flexibility index (Phi) is 2.92. The summed E-state index contributed by atoms with van der Waals surface area (Å²) >= 11 is 6.09. The van der Waals surface area contributed by atoms with Gasteiger partial charge in [-0.2, -0.15) is 0 Å². The number of aliphatic hydroxyl groups is 1. The highest BCUT2D eigenvalue weighted by molar-refractivity contribution is 6.33. The molecule has 0 spiro atoms. The van der Waals surface area contributed by atoms with Crippen LogP contribution in [-0.4, -0.2) is 25.2 Å². The molecule has 2 heterocycles. The molecule has 0 aliphatic heterocycles. The highest BCUT2D eigenvalue weighted by Gasteiger charge is 2.50. The molecule has 1 N–H and O–H groups in total. The van der Waals surface area contributed by atoms with Gasteiger partial charge in [-0.05, 0) is 25.8 Å². The van der Waals surface area contributed by atoms with Gasteiger partial charge in [0.05, 0.1) is 11.0 Å². The van der Waals surface area contributed by atoms with Crippen molar-refractivity contribution in [1.82, 2.24) is 14.5 Å². The molecule has 2 aromatic rings. The Morgan fingerprint density at radius 2 is 2.20 bits per heavy atom. The topological polar surface area (TPSA) is 50.9 Å². The van der Waals surface area contributed by atoms with Crippen LogP contribution in [0.2, 0.25) is 5.15 Å². The van der Waals surface area contributed by atoms with Crippen LogP contribution in [0.1, 0.15) is 32.7 Å². The van der Waals surface area contributed by atoms with E-state index >= 15 is 0 Å². The van der Waals surface area contributed by atoms with Crippen LogP contribution >= 0.6 is 11.6 Å². The van der Waals surface area contributed by atoms with E-state index in [0.717, 1.165) is 17.5 Å². The summed E-state index contributed by atoms with van der Waals surface area (Å²) < 4.78 is 2.09. The van der Waals surface area contributed by atoms with Crippen LogP contribution in [-0.2, 0) is 0 Å². The molecule has 3 rings (SSSR count). The lowest BCUT2D eigenvalue weighted by atomic mass is 9.77. The van der Waals surface area contributed by atoms with Crippen molar-refractivity contribution in [3.05, 3.63) is 36.4 Å². The van der Waals surface area contributed by atoms with Crippen molar-refractivity contribution in [2.75, 3.05) is 0 Å². The second-order valence-corrected chi connectivity index (χ2v) is 6.44. The smallest absolute Gasteiger partial charge is 0.145 e. The Morgan fingerprint density at radius 1 is 1.45 bits per heavy atom. The fourth-order valence-electron chi connectivity index (χ4n) is 3.21. The zero-order valence-corrected chi connectivity index (χ0v) is 12.4. The van der Waals surface area contributed by atoms with Gasteiger partial charge in [0, 0.05) is 17.7 Å². The molecule has 20 heavy (non-hydrogen) atoms. The second-order valence-electron chi connectivity index (χ2n) is 6.08. The van der Waals surface area contributed by atoms with Crippen LogP contribution in [0, 0.1) is 5.41 Å². The fourth-order valence-corrected chi connectivity index (χ4v) is 3.40. The Labute approximate surface area is 123 Å². The molecule has 2 unspecified atom stereocenters. The lowest BCUT2D eigenvalue weighted by Crippen LogP contribution is -2.36. The maximum atomic E-state index is 10.7. The Balaban J connectivity index is 2.06. The van der Waals surface area contributed by atoms with Crippen molar-refractivity contribution in [1.29, 1.82) is 0 Å². The van der Waals surface area contributed by atoms with Gasteiger partial charge in [0.25, 0.3) is 0 Å². The first-order valence-electron chi connectivity index (χ1n) is 6.71. The van der Waals surface area contributed by atoms with Gasteiger partial charge >= 0.3 is 0 Å². The highest BCUT2D eigenvalue weighted by Crippen LogP contribution is 2.52. The average molecular weight is 292 g/mol. The monoisotopic (exact) mass is 291 g/mol. The summed E-state index contributed by atoms with van der Waals surface area (Å²) in [6, 6.07) is 2.10. The molecule has 1 aliphatic carbocycles. The quantitative estimate of drug-likeness (QED) is 0.682. The van der Waals surface area contributed by atoms with Crippen LogP contribution in [0.25, 0.3) is 11.0 Å². The van der Waals surface area contributed by atoms with Crippen LogP contribution in [0.3, 0.4) is 0 Å². The third kappa shape index (κ3) is 1.79. The molecule has 0 aromatic carbocycles. The molecule has 0 amide bonds. The number of nitrogens with zero attached hydrogens (tertiary/aromatic N) is 3. The third-order valence-corrected chi connectivity index (χ3v) is 5.13. The van der Waals surface area contributed by atoms with E-state index < -0.39 is 5.60 Å². The highest BCUT2D eigenvalue weighted by atomic mass is 35.5. The molecule has 1 saturated carbocycles. The first-order chi connectivity index (χ1) is 9.38. The zero-order valence-electron chi connectivity index (χ0n) is 11.7. The molecule has 106 valence electrons. The van der Waals surface area contributed by atoms with Gasteiger partial charge in [-0.25, -0.2) is 9.97 Å². The molecule has 1 aliphatic rings. The van der Waals surface area contributed by atoms with Gasteiger partial charge in [0.1, 0.15) is 17.1 Å². The van der Waals surface area contributed by atoms with Gasteiger partial charge in [-0.15, -0.1) is 6.58 Å². The van der Waals surface area contributed by atoms with E-state index in [1.54, 1.807) is 0 Å². The molecule has 0 saturated heterocycles. The summed E-state index contributed by atoms with van der Waals surface area (Å²) in [5.41, 5.74) is -0.253. The minimum Gasteiger partial charge on any atom is -0.389 e. The number of hydrogen-bond donors (Lipinski definition) is 1. The fraction of sp³-hybridized carbons (Fsp3) is 0.467. The standard InChI is InChI=1S/C15H18ClN3O/c1-4-14(2)7-10(8-15(14,3)20)19-6-5-11-12(16)17-9-18-13(11)19/h4-6,9-10,20H,1,7-8H2,2-3H3/t10?,14-,15?/m0/s1. The Hall–Kier alpha value is -1.39. The Bertz CT molecular complexity index is 679. The first kappa shape index (κ1) is 13.6. The van der Waals surface area contributed by atoms with E-state index in [1.807, 2.05) is 32.2 Å². The number of halogens is 1.